The van der Waals surface area contributed by atoms with Gasteiger partial charge in [-0.1, -0.05) is 12.1 Å². The van der Waals surface area contributed by atoms with E-state index in [9.17, 15) is 27.5 Å². The first-order chi connectivity index (χ1) is 14.6. The molecule has 1 aromatic heterocycles. The van der Waals surface area contributed by atoms with Crippen LogP contribution in [0.2, 0.25) is 0 Å². The number of hydrogen-bond donors (Lipinski definition) is 3. The van der Waals surface area contributed by atoms with E-state index in [1.165, 1.54) is 11.3 Å². The van der Waals surface area contributed by atoms with E-state index in [4.69, 9.17) is 0 Å². The number of aliphatic hydroxyl groups is 1. The molecular formula is C21H17F4N3O2S. The van der Waals surface area contributed by atoms with Gasteiger partial charge in [0.1, 0.15) is 16.4 Å². The van der Waals surface area contributed by atoms with Crippen molar-refractivity contribution in [1.29, 1.82) is 0 Å². The fourth-order valence-corrected chi connectivity index (χ4v) is 4.22. The summed E-state index contributed by atoms with van der Waals surface area (Å²) in [6.07, 6.45) is -0.601. The van der Waals surface area contributed by atoms with Gasteiger partial charge in [0.25, 0.3) is 0 Å². The number of carbonyl (C=O) groups excluding carboxylic acids is 1. The number of benzene rings is 2. The molecule has 0 aliphatic heterocycles. The van der Waals surface area contributed by atoms with Crippen molar-refractivity contribution in [2.75, 3.05) is 10.6 Å². The largest absolute Gasteiger partial charge is 0.416 e. The third kappa shape index (κ3) is 4.54. The zero-order valence-corrected chi connectivity index (χ0v) is 16.8. The van der Waals surface area contributed by atoms with Crippen LogP contribution in [0.25, 0.3) is 10.4 Å². The molecule has 5 nitrogen and oxygen atoms in total. The lowest BCUT2D eigenvalue weighted by Gasteiger charge is -2.34. The number of aromatic nitrogens is 1. The summed E-state index contributed by atoms with van der Waals surface area (Å²) in [5.74, 6) is -0.979. The van der Waals surface area contributed by atoms with Crippen LogP contribution in [-0.4, -0.2) is 16.1 Å². The maximum atomic E-state index is 13.8. The molecule has 0 unspecified atom stereocenters. The lowest BCUT2D eigenvalue weighted by atomic mass is 9.81. The summed E-state index contributed by atoms with van der Waals surface area (Å²) in [7, 11) is 0. The number of nitrogens with zero attached hydrogens (tertiary/aromatic N) is 1. The fourth-order valence-electron chi connectivity index (χ4n) is 3.15. The Morgan fingerprint density at radius 3 is 2.42 bits per heavy atom. The van der Waals surface area contributed by atoms with Crippen LogP contribution in [0.4, 0.5) is 33.7 Å². The van der Waals surface area contributed by atoms with Gasteiger partial charge in [0, 0.05) is 11.9 Å². The van der Waals surface area contributed by atoms with Crippen molar-refractivity contribution in [1.82, 2.24) is 4.98 Å². The van der Waals surface area contributed by atoms with Gasteiger partial charge in [-0.25, -0.2) is 14.2 Å². The summed E-state index contributed by atoms with van der Waals surface area (Å²) in [4.78, 5) is 17.3. The highest BCUT2D eigenvalue weighted by Crippen LogP contribution is 2.44. The maximum Gasteiger partial charge on any atom is 0.416 e. The van der Waals surface area contributed by atoms with Gasteiger partial charge in [0.15, 0.2) is 0 Å². The Morgan fingerprint density at radius 2 is 1.81 bits per heavy atom. The van der Waals surface area contributed by atoms with Crippen LogP contribution < -0.4 is 10.6 Å². The number of thiazole rings is 1. The van der Waals surface area contributed by atoms with Gasteiger partial charge in [-0.2, -0.15) is 13.2 Å². The molecule has 0 atom stereocenters. The highest BCUT2D eigenvalue weighted by molar-refractivity contribution is 7.15. The first-order valence-electron chi connectivity index (χ1n) is 9.38. The second kappa shape index (κ2) is 7.93. The van der Waals surface area contributed by atoms with Gasteiger partial charge >= 0.3 is 12.2 Å². The lowest BCUT2D eigenvalue weighted by molar-refractivity contribution is -0.137. The molecule has 31 heavy (non-hydrogen) atoms. The zero-order valence-electron chi connectivity index (χ0n) is 16.0. The van der Waals surface area contributed by atoms with E-state index in [-0.39, 0.29) is 0 Å². The average molecular weight is 451 g/mol. The Bertz CT molecular complexity index is 1110. The molecule has 0 radical (unpaired) electrons. The minimum absolute atomic E-state index is 0.371. The first-order valence-corrected chi connectivity index (χ1v) is 10.2. The van der Waals surface area contributed by atoms with Gasteiger partial charge in [-0.15, -0.1) is 11.3 Å². The van der Waals surface area contributed by atoms with Crippen molar-refractivity contribution >= 4 is 28.7 Å². The molecule has 0 spiro atoms. The van der Waals surface area contributed by atoms with E-state index in [1.54, 1.807) is 30.5 Å². The number of urea groups is 1. The van der Waals surface area contributed by atoms with Crippen molar-refractivity contribution in [3.63, 3.8) is 0 Å². The van der Waals surface area contributed by atoms with Gasteiger partial charge < -0.3 is 15.7 Å². The SMILES string of the molecule is O=C(Nc1ccc(-c2cnc(C3(O)CCC3)s2)cc1)Nc1cc(C(F)(F)F)ccc1F. The number of amides is 2. The molecule has 3 N–H and O–H groups in total. The van der Waals surface area contributed by atoms with Gasteiger partial charge in [0.05, 0.1) is 16.1 Å². The number of rotatable bonds is 4. The molecule has 2 aromatic carbocycles. The molecule has 4 rings (SSSR count). The Hall–Kier alpha value is -2.98. The standard InChI is InChI=1S/C21H17F4N3O2S/c22-15-7-4-13(21(23,24)25)10-16(15)28-19(29)27-14-5-2-12(3-6-14)17-11-26-18(31-17)20(30)8-1-9-20/h2-7,10-11,30H,1,8-9H2,(H2,27,28,29). The minimum atomic E-state index is -4.65. The molecule has 1 fully saturated rings. The van der Waals surface area contributed by atoms with Crippen LogP contribution in [0.15, 0.2) is 48.7 Å². The molecule has 0 bridgehead atoms. The molecule has 1 saturated carbocycles. The average Bonchev–Trinajstić information content (AvgIpc) is 3.18. The Kier molecular flexibility index (Phi) is 5.44. The van der Waals surface area contributed by atoms with Crippen LogP contribution in [0, 0.1) is 5.82 Å². The van der Waals surface area contributed by atoms with E-state index in [0.717, 1.165) is 16.9 Å². The van der Waals surface area contributed by atoms with E-state index in [1.807, 2.05) is 0 Å². The Labute approximate surface area is 178 Å². The summed E-state index contributed by atoms with van der Waals surface area (Å²) < 4.78 is 52.1. The van der Waals surface area contributed by atoms with E-state index < -0.39 is 34.9 Å². The smallest absolute Gasteiger partial charge is 0.383 e. The monoisotopic (exact) mass is 451 g/mol. The second-order valence-corrected chi connectivity index (χ2v) is 8.29. The predicted molar refractivity (Wildman–Crippen MR) is 109 cm³/mol. The summed E-state index contributed by atoms with van der Waals surface area (Å²) in [6, 6.07) is 7.60. The van der Waals surface area contributed by atoms with Crippen molar-refractivity contribution in [2.24, 2.45) is 0 Å². The van der Waals surface area contributed by atoms with Crippen molar-refractivity contribution in [3.05, 3.63) is 65.0 Å². The molecule has 3 aromatic rings. The third-order valence-corrected chi connectivity index (χ3v) is 6.29. The summed E-state index contributed by atoms with van der Waals surface area (Å²) >= 11 is 1.40. The molecule has 2 amide bonds. The summed E-state index contributed by atoms with van der Waals surface area (Å²) in [6.45, 7) is 0. The topological polar surface area (TPSA) is 74.2 Å². The predicted octanol–water partition coefficient (Wildman–Crippen LogP) is 5.98. The first kappa shape index (κ1) is 21.3. The van der Waals surface area contributed by atoms with Crippen LogP contribution in [-0.2, 0) is 11.8 Å². The van der Waals surface area contributed by atoms with Gasteiger partial charge in [-0.3, -0.25) is 0 Å². The highest BCUT2D eigenvalue weighted by atomic mass is 32.1. The van der Waals surface area contributed by atoms with Crippen LogP contribution in [0.3, 0.4) is 0 Å². The molecule has 0 saturated heterocycles. The van der Waals surface area contributed by atoms with Crippen LogP contribution in [0.5, 0.6) is 0 Å². The third-order valence-electron chi connectivity index (χ3n) is 5.05. The number of anilines is 2. The van der Waals surface area contributed by atoms with Gasteiger partial charge in [-0.05, 0) is 55.2 Å². The normalized spacial score (nSPS) is 15.3. The van der Waals surface area contributed by atoms with Gasteiger partial charge in [0.2, 0.25) is 0 Å². The summed E-state index contributed by atoms with van der Waals surface area (Å²) in [5.41, 5.74) is -1.27. The zero-order chi connectivity index (χ0) is 22.2. The van der Waals surface area contributed by atoms with E-state index in [0.29, 0.717) is 41.7 Å². The van der Waals surface area contributed by atoms with Crippen molar-refractivity contribution in [3.8, 4) is 10.4 Å². The Balaban J connectivity index is 1.42. The maximum absolute atomic E-state index is 13.8. The number of hydrogen-bond acceptors (Lipinski definition) is 4. The number of nitrogens with one attached hydrogen (secondary N) is 2. The van der Waals surface area contributed by atoms with Crippen LogP contribution >= 0.6 is 11.3 Å². The number of carbonyl (C=O) groups is 1. The van der Waals surface area contributed by atoms with E-state index >= 15 is 0 Å². The molecule has 162 valence electrons. The molecule has 1 aliphatic rings. The number of alkyl halides is 3. The molecule has 10 heteroatoms. The lowest BCUT2D eigenvalue weighted by Crippen LogP contribution is -2.33. The quantitative estimate of drug-likeness (QED) is 0.427. The minimum Gasteiger partial charge on any atom is -0.383 e. The van der Waals surface area contributed by atoms with Crippen molar-refractivity contribution in [2.45, 2.75) is 31.0 Å². The van der Waals surface area contributed by atoms with Crippen LogP contribution in [0.1, 0.15) is 29.8 Å². The molecule has 1 heterocycles. The molecular weight excluding hydrogens is 434 g/mol. The Morgan fingerprint density at radius 1 is 1.10 bits per heavy atom. The number of halogens is 4. The fraction of sp³-hybridized carbons (Fsp3) is 0.238. The van der Waals surface area contributed by atoms with E-state index in [2.05, 4.69) is 15.6 Å². The second-order valence-electron chi connectivity index (χ2n) is 7.26. The molecule has 1 aliphatic carbocycles. The summed E-state index contributed by atoms with van der Waals surface area (Å²) in [5, 5.41) is 15.6. The highest BCUT2D eigenvalue weighted by Gasteiger charge is 2.39. The van der Waals surface area contributed by atoms with Crippen molar-refractivity contribution < 1.29 is 27.5 Å².